The molecule has 6 heteroatoms. The van der Waals surface area contributed by atoms with Crippen molar-refractivity contribution in [1.29, 1.82) is 0 Å². The highest BCUT2D eigenvalue weighted by Gasteiger charge is 2.19. The molecule has 0 radical (unpaired) electrons. The number of aliphatic carboxylic acids is 2. The smallest absolute Gasteiger partial charge is 0.337 e. The second-order valence-corrected chi connectivity index (χ2v) is 3.72. The SMILES string of the molecule is O=Cc1cc(CCC(=O)O)ccc1C(O)C(=O)O. The highest BCUT2D eigenvalue weighted by atomic mass is 16.4. The summed E-state index contributed by atoms with van der Waals surface area (Å²) in [4.78, 5) is 31.9. The lowest BCUT2D eigenvalue weighted by atomic mass is 9.98. The van der Waals surface area contributed by atoms with Gasteiger partial charge in [0.05, 0.1) is 0 Å². The zero-order valence-corrected chi connectivity index (χ0v) is 9.37. The topological polar surface area (TPSA) is 112 Å². The Balaban J connectivity index is 3.00. The van der Waals surface area contributed by atoms with Gasteiger partial charge in [0.1, 0.15) is 6.29 Å². The highest BCUT2D eigenvalue weighted by molar-refractivity contribution is 5.83. The van der Waals surface area contributed by atoms with E-state index in [1.54, 1.807) is 0 Å². The molecule has 0 amide bonds. The first kappa shape index (κ1) is 13.9. The number of rotatable bonds is 6. The van der Waals surface area contributed by atoms with E-state index in [1.807, 2.05) is 0 Å². The summed E-state index contributed by atoms with van der Waals surface area (Å²) in [5.74, 6) is -2.41. The average Bonchev–Trinajstić information content (AvgIpc) is 2.34. The normalized spacial score (nSPS) is 11.8. The van der Waals surface area contributed by atoms with Gasteiger partial charge in [0.2, 0.25) is 0 Å². The van der Waals surface area contributed by atoms with E-state index in [0.29, 0.717) is 11.8 Å². The molecule has 1 rings (SSSR count). The number of aryl methyl sites for hydroxylation is 1. The number of hydrogen-bond acceptors (Lipinski definition) is 4. The van der Waals surface area contributed by atoms with E-state index in [2.05, 4.69) is 0 Å². The lowest BCUT2D eigenvalue weighted by molar-refractivity contribution is -0.147. The van der Waals surface area contributed by atoms with Crippen LogP contribution in [0.5, 0.6) is 0 Å². The fraction of sp³-hybridized carbons (Fsp3) is 0.250. The lowest BCUT2D eigenvalue weighted by Crippen LogP contribution is -2.13. The quantitative estimate of drug-likeness (QED) is 0.640. The number of aldehydes is 1. The monoisotopic (exact) mass is 252 g/mol. The first-order valence-electron chi connectivity index (χ1n) is 5.16. The van der Waals surface area contributed by atoms with Crippen LogP contribution in [0.1, 0.15) is 34.0 Å². The lowest BCUT2D eigenvalue weighted by Gasteiger charge is -2.10. The minimum absolute atomic E-state index is 0.00317. The van der Waals surface area contributed by atoms with Crippen molar-refractivity contribution in [3.05, 3.63) is 34.9 Å². The Bertz CT molecular complexity index is 479. The summed E-state index contributed by atoms with van der Waals surface area (Å²) < 4.78 is 0. The molecule has 0 aromatic heterocycles. The van der Waals surface area contributed by atoms with Crippen molar-refractivity contribution >= 4 is 18.2 Å². The summed E-state index contributed by atoms with van der Waals surface area (Å²) in [5, 5.41) is 26.6. The Kier molecular flexibility index (Phi) is 4.56. The van der Waals surface area contributed by atoms with Crippen molar-refractivity contribution in [2.75, 3.05) is 0 Å². The molecule has 0 aliphatic carbocycles. The third kappa shape index (κ3) is 3.39. The summed E-state index contributed by atoms with van der Waals surface area (Å²) in [7, 11) is 0. The Morgan fingerprint density at radius 3 is 2.44 bits per heavy atom. The zero-order valence-electron chi connectivity index (χ0n) is 9.37. The maximum atomic E-state index is 10.8. The predicted octanol–water partition coefficient (Wildman–Crippen LogP) is 0.634. The van der Waals surface area contributed by atoms with E-state index in [4.69, 9.17) is 10.2 Å². The molecule has 3 N–H and O–H groups in total. The molecule has 0 aliphatic rings. The van der Waals surface area contributed by atoms with Crippen LogP contribution in [-0.2, 0) is 16.0 Å². The number of carboxylic acid groups (broad SMARTS) is 2. The molecule has 1 aromatic carbocycles. The third-order valence-electron chi connectivity index (χ3n) is 2.43. The van der Waals surface area contributed by atoms with E-state index in [1.165, 1.54) is 18.2 Å². The van der Waals surface area contributed by atoms with Crippen LogP contribution in [0.2, 0.25) is 0 Å². The van der Waals surface area contributed by atoms with Crippen LogP contribution < -0.4 is 0 Å². The van der Waals surface area contributed by atoms with E-state index in [-0.39, 0.29) is 24.0 Å². The molecule has 18 heavy (non-hydrogen) atoms. The van der Waals surface area contributed by atoms with Gasteiger partial charge < -0.3 is 15.3 Å². The molecule has 0 spiro atoms. The van der Waals surface area contributed by atoms with Gasteiger partial charge in [-0.05, 0) is 18.1 Å². The number of aliphatic hydroxyl groups excluding tert-OH is 1. The van der Waals surface area contributed by atoms with Crippen LogP contribution in [0, 0.1) is 0 Å². The number of carbonyl (C=O) groups is 3. The van der Waals surface area contributed by atoms with Gasteiger partial charge in [0.25, 0.3) is 0 Å². The zero-order chi connectivity index (χ0) is 13.7. The summed E-state index contributed by atoms with van der Waals surface area (Å²) >= 11 is 0. The molecule has 0 saturated heterocycles. The largest absolute Gasteiger partial charge is 0.481 e. The molecular weight excluding hydrogens is 240 g/mol. The first-order valence-corrected chi connectivity index (χ1v) is 5.16. The predicted molar refractivity (Wildman–Crippen MR) is 60.4 cm³/mol. The Morgan fingerprint density at radius 2 is 1.94 bits per heavy atom. The fourth-order valence-corrected chi connectivity index (χ4v) is 1.52. The van der Waals surface area contributed by atoms with Crippen molar-refractivity contribution in [2.45, 2.75) is 18.9 Å². The van der Waals surface area contributed by atoms with Crippen molar-refractivity contribution in [1.82, 2.24) is 0 Å². The van der Waals surface area contributed by atoms with E-state index >= 15 is 0 Å². The van der Waals surface area contributed by atoms with Gasteiger partial charge in [-0.2, -0.15) is 0 Å². The standard InChI is InChI=1S/C12H12O6/c13-6-8-5-7(2-4-10(14)15)1-3-9(8)11(16)12(17)18/h1,3,5-6,11,16H,2,4H2,(H,14,15)(H,17,18). The minimum Gasteiger partial charge on any atom is -0.481 e. The molecule has 6 nitrogen and oxygen atoms in total. The molecule has 1 unspecified atom stereocenters. The minimum atomic E-state index is -1.77. The number of carbonyl (C=O) groups excluding carboxylic acids is 1. The average molecular weight is 252 g/mol. The highest BCUT2D eigenvalue weighted by Crippen LogP contribution is 2.19. The van der Waals surface area contributed by atoms with Crippen LogP contribution in [0.3, 0.4) is 0 Å². The van der Waals surface area contributed by atoms with Gasteiger partial charge in [0, 0.05) is 17.5 Å². The molecule has 0 fully saturated rings. The van der Waals surface area contributed by atoms with Crippen LogP contribution >= 0.6 is 0 Å². The number of benzene rings is 1. The van der Waals surface area contributed by atoms with Crippen molar-refractivity contribution in [3.8, 4) is 0 Å². The van der Waals surface area contributed by atoms with Crippen molar-refractivity contribution in [3.63, 3.8) is 0 Å². The second-order valence-electron chi connectivity index (χ2n) is 3.72. The number of hydrogen-bond donors (Lipinski definition) is 3. The van der Waals surface area contributed by atoms with Gasteiger partial charge in [0.15, 0.2) is 6.10 Å². The Morgan fingerprint density at radius 1 is 1.28 bits per heavy atom. The molecule has 0 aliphatic heterocycles. The van der Waals surface area contributed by atoms with Crippen LogP contribution in [0.4, 0.5) is 0 Å². The van der Waals surface area contributed by atoms with Gasteiger partial charge >= 0.3 is 11.9 Å². The summed E-state index contributed by atoms with van der Waals surface area (Å²) in [6.07, 6.45) is -1.18. The Hall–Kier alpha value is -2.21. The van der Waals surface area contributed by atoms with Crippen LogP contribution in [0.15, 0.2) is 18.2 Å². The molecule has 1 atom stereocenters. The third-order valence-corrected chi connectivity index (χ3v) is 2.43. The summed E-state index contributed by atoms with van der Waals surface area (Å²) in [5.41, 5.74) is 0.644. The Labute approximate surface area is 102 Å². The van der Waals surface area contributed by atoms with Gasteiger partial charge in [-0.1, -0.05) is 12.1 Å². The number of carboxylic acids is 2. The van der Waals surface area contributed by atoms with E-state index in [9.17, 15) is 19.5 Å². The summed E-state index contributed by atoms with van der Waals surface area (Å²) in [6, 6.07) is 4.20. The first-order chi connectivity index (χ1) is 8.45. The second kappa shape index (κ2) is 5.92. The molecule has 96 valence electrons. The van der Waals surface area contributed by atoms with E-state index < -0.39 is 18.0 Å². The van der Waals surface area contributed by atoms with Gasteiger partial charge in [-0.3, -0.25) is 9.59 Å². The van der Waals surface area contributed by atoms with E-state index in [0.717, 1.165) is 0 Å². The molecule has 0 saturated carbocycles. The molecule has 0 bridgehead atoms. The van der Waals surface area contributed by atoms with Gasteiger partial charge in [-0.15, -0.1) is 0 Å². The molecule has 0 heterocycles. The number of aliphatic hydroxyl groups is 1. The fourth-order valence-electron chi connectivity index (χ4n) is 1.52. The van der Waals surface area contributed by atoms with Crippen molar-refractivity contribution in [2.24, 2.45) is 0 Å². The molecular formula is C12H12O6. The maximum Gasteiger partial charge on any atom is 0.337 e. The molecule has 1 aromatic rings. The van der Waals surface area contributed by atoms with Crippen LogP contribution in [0.25, 0.3) is 0 Å². The van der Waals surface area contributed by atoms with Gasteiger partial charge in [-0.25, -0.2) is 4.79 Å². The maximum absolute atomic E-state index is 10.8. The summed E-state index contributed by atoms with van der Waals surface area (Å²) in [6.45, 7) is 0. The van der Waals surface area contributed by atoms with Crippen molar-refractivity contribution < 1.29 is 29.7 Å². The van der Waals surface area contributed by atoms with Crippen LogP contribution in [-0.4, -0.2) is 33.5 Å².